The van der Waals surface area contributed by atoms with Gasteiger partial charge < -0.3 is 5.32 Å². The molecule has 1 aromatic rings. The summed E-state index contributed by atoms with van der Waals surface area (Å²) in [5, 5.41) is 1.62. The molecule has 0 saturated heterocycles. The van der Waals surface area contributed by atoms with Gasteiger partial charge in [0.25, 0.3) is 0 Å². The summed E-state index contributed by atoms with van der Waals surface area (Å²) >= 11 is 3.31. The Kier molecular flexibility index (Phi) is 6.80. The number of carbonyl (C=O) groups is 1. The van der Waals surface area contributed by atoms with Gasteiger partial charge in [-0.3, -0.25) is 4.79 Å². The monoisotopic (exact) mass is 297 g/mol. The topological polar surface area (TPSA) is 29.1 Å². The number of rotatable bonds is 1. The maximum atomic E-state index is 11.2. The van der Waals surface area contributed by atoms with Crippen LogP contribution in [0.15, 0.2) is 34.8 Å². The van der Waals surface area contributed by atoms with Gasteiger partial charge in [-0.25, -0.2) is 0 Å². The summed E-state index contributed by atoms with van der Waals surface area (Å²) in [7, 11) is 0. The molecule has 0 aliphatic rings. The van der Waals surface area contributed by atoms with Gasteiger partial charge in [-0.2, -0.15) is 13.2 Å². The summed E-state index contributed by atoms with van der Waals surface area (Å²) in [6, 6.07) is 9.97. The Morgan fingerprint density at radius 1 is 1.31 bits per heavy atom. The molecular weight excluding hydrogens is 287 g/mol. The molecule has 0 bridgehead atoms. The number of amides is 1. The molecule has 1 aromatic carbocycles. The van der Waals surface area contributed by atoms with Crippen LogP contribution in [0.4, 0.5) is 13.2 Å². The van der Waals surface area contributed by atoms with Crippen LogP contribution in [0.2, 0.25) is 0 Å². The van der Waals surface area contributed by atoms with Crippen molar-refractivity contribution < 1.29 is 18.0 Å². The number of nitrogens with one attached hydrogen (secondary N) is 1. The zero-order valence-electron chi connectivity index (χ0n) is 8.51. The normalized spacial score (nSPS) is 10.1. The highest BCUT2D eigenvalue weighted by molar-refractivity contribution is 9.10. The molecule has 1 rings (SSSR count). The van der Waals surface area contributed by atoms with Crippen molar-refractivity contribution in [3.63, 3.8) is 0 Å². The molecule has 0 atom stereocenters. The summed E-state index contributed by atoms with van der Waals surface area (Å²) in [6.07, 6.45) is -4.74. The van der Waals surface area contributed by atoms with E-state index in [1.165, 1.54) is 6.92 Å². The molecule has 0 saturated carbocycles. The maximum absolute atomic E-state index is 11.2. The molecule has 0 radical (unpaired) electrons. The van der Waals surface area contributed by atoms with E-state index in [2.05, 4.69) is 15.9 Å². The van der Waals surface area contributed by atoms with E-state index in [9.17, 15) is 18.0 Å². The van der Waals surface area contributed by atoms with E-state index in [0.717, 1.165) is 4.47 Å². The third-order valence-corrected chi connectivity index (χ3v) is 1.86. The molecule has 0 aromatic heterocycles. The fourth-order valence-corrected chi connectivity index (χ4v) is 0.981. The van der Waals surface area contributed by atoms with Crippen LogP contribution in [-0.4, -0.2) is 18.6 Å². The van der Waals surface area contributed by atoms with Crippen molar-refractivity contribution in [1.29, 1.82) is 0 Å². The van der Waals surface area contributed by atoms with Crippen LogP contribution in [0.5, 0.6) is 0 Å². The van der Waals surface area contributed by atoms with Crippen molar-refractivity contribution in [2.24, 2.45) is 0 Å². The highest BCUT2D eigenvalue weighted by atomic mass is 79.9. The first kappa shape index (κ1) is 15.0. The highest BCUT2D eigenvalue weighted by Gasteiger charge is 2.37. The Bertz CT molecular complexity index is 314. The molecule has 6 heteroatoms. The minimum Gasteiger partial charge on any atom is -0.349 e. The summed E-state index contributed by atoms with van der Waals surface area (Å²) < 4.78 is 34.8. The van der Waals surface area contributed by atoms with E-state index in [0.29, 0.717) is 0 Å². The van der Waals surface area contributed by atoms with Gasteiger partial charge in [0.15, 0.2) is 0 Å². The molecular formula is C10H11BrF3NO. The second-order valence-electron chi connectivity index (χ2n) is 2.65. The van der Waals surface area contributed by atoms with E-state index < -0.39 is 12.1 Å². The van der Waals surface area contributed by atoms with E-state index in [4.69, 9.17) is 0 Å². The quantitative estimate of drug-likeness (QED) is 0.848. The van der Waals surface area contributed by atoms with E-state index in [1.807, 2.05) is 30.3 Å². The third-order valence-electron chi connectivity index (χ3n) is 1.33. The molecule has 16 heavy (non-hydrogen) atoms. The van der Waals surface area contributed by atoms with Crippen LogP contribution in [-0.2, 0) is 4.79 Å². The van der Waals surface area contributed by atoms with Crippen molar-refractivity contribution in [1.82, 2.24) is 5.32 Å². The Labute approximate surface area is 100.0 Å². The lowest BCUT2D eigenvalue weighted by molar-refractivity contribution is -0.173. The Morgan fingerprint density at radius 3 is 2.00 bits per heavy atom. The van der Waals surface area contributed by atoms with Gasteiger partial charge in [0.05, 0.1) is 0 Å². The number of benzene rings is 1. The summed E-state index contributed by atoms with van der Waals surface area (Å²) in [6.45, 7) is 1.42. The molecule has 0 spiro atoms. The lowest BCUT2D eigenvalue weighted by Gasteiger charge is -2.03. The second-order valence-corrected chi connectivity index (χ2v) is 3.57. The van der Waals surface area contributed by atoms with Crippen LogP contribution >= 0.6 is 15.9 Å². The molecule has 1 amide bonds. The molecule has 0 aliphatic heterocycles. The number of carbonyl (C=O) groups excluding carboxylic acids is 1. The Hall–Kier alpha value is -1.04. The Balaban J connectivity index is 0.000000288. The zero-order valence-corrected chi connectivity index (χ0v) is 10.1. The van der Waals surface area contributed by atoms with Crippen molar-refractivity contribution in [2.75, 3.05) is 6.54 Å². The predicted octanol–water partition coefficient (Wildman–Crippen LogP) is 3.13. The third kappa shape index (κ3) is 7.28. The van der Waals surface area contributed by atoms with Gasteiger partial charge >= 0.3 is 12.1 Å². The average Bonchev–Trinajstić information content (AvgIpc) is 2.19. The molecule has 2 nitrogen and oxygen atoms in total. The number of hydrogen-bond donors (Lipinski definition) is 1. The average molecular weight is 298 g/mol. The summed E-state index contributed by atoms with van der Waals surface area (Å²) in [5.41, 5.74) is 0. The number of hydrogen-bond acceptors (Lipinski definition) is 1. The van der Waals surface area contributed by atoms with Gasteiger partial charge in [0, 0.05) is 11.0 Å². The van der Waals surface area contributed by atoms with Gasteiger partial charge in [0.1, 0.15) is 0 Å². The highest BCUT2D eigenvalue weighted by Crippen LogP contribution is 2.13. The fourth-order valence-electron chi connectivity index (χ4n) is 0.675. The van der Waals surface area contributed by atoms with Crippen LogP contribution in [0.25, 0.3) is 0 Å². The number of halogens is 4. The minimum atomic E-state index is -4.74. The van der Waals surface area contributed by atoms with Crippen molar-refractivity contribution in [3.05, 3.63) is 34.8 Å². The molecule has 0 fully saturated rings. The first-order chi connectivity index (χ1) is 7.38. The molecule has 0 unspecified atom stereocenters. The largest absolute Gasteiger partial charge is 0.471 e. The molecule has 0 heterocycles. The number of alkyl halides is 3. The molecule has 1 N–H and O–H groups in total. The van der Waals surface area contributed by atoms with E-state index in [-0.39, 0.29) is 6.54 Å². The van der Waals surface area contributed by atoms with Gasteiger partial charge in [-0.1, -0.05) is 34.1 Å². The predicted molar refractivity (Wildman–Crippen MR) is 58.9 cm³/mol. The smallest absolute Gasteiger partial charge is 0.349 e. The van der Waals surface area contributed by atoms with Gasteiger partial charge in [0.2, 0.25) is 0 Å². The van der Waals surface area contributed by atoms with Crippen molar-refractivity contribution >= 4 is 21.8 Å². The van der Waals surface area contributed by atoms with Crippen molar-refractivity contribution in [2.45, 2.75) is 13.1 Å². The first-order valence-corrected chi connectivity index (χ1v) is 5.22. The molecule has 90 valence electrons. The molecule has 0 aliphatic carbocycles. The van der Waals surface area contributed by atoms with Crippen molar-refractivity contribution in [3.8, 4) is 0 Å². The zero-order chi connectivity index (χ0) is 12.6. The Morgan fingerprint density at radius 2 is 1.81 bits per heavy atom. The summed E-state index contributed by atoms with van der Waals surface area (Å²) in [4.78, 5) is 9.83. The van der Waals surface area contributed by atoms with Gasteiger partial charge in [-0.15, -0.1) is 0 Å². The summed E-state index contributed by atoms with van der Waals surface area (Å²) in [5.74, 6) is -1.88. The lowest BCUT2D eigenvalue weighted by atomic mass is 10.4. The van der Waals surface area contributed by atoms with Crippen LogP contribution in [0.1, 0.15) is 6.92 Å². The maximum Gasteiger partial charge on any atom is 0.471 e. The van der Waals surface area contributed by atoms with Crippen LogP contribution in [0.3, 0.4) is 0 Å². The van der Waals surface area contributed by atoms with Crippen LogP contribution < -0.4 is 5.32 Å². The fraction of sp³-hybridized carbons (Fsp3) is 0.300. The van der Waals surface area contributed by atoms with E-state index >= 15 is 0 Å². The standard InChI is InChI=1S/C6H5Br.C4H6F3NO/c7-6-4-2-1-3-5-6;1-2-8-3(9)4(5,6)7/h1-5H;2H2,1H3,(H,8,9). The first-order valence-electron chi connectivity index (χ1n) is 4.43. The second kappa shape index (κ2) is 7.27. The van der Waals surface area contributed by atoms with Gasteiger partial charge in [-0.05, 0) is 19.1 Å². The minimum absolute atomic E-state index is 0.00164. The lowest BCUT2D eigenvalue weighted by Crippen LogP contribution is -2.36. The van der Waals surface area contributed by atoms with Crippen LogP contribution in [0, 0.1) is 0 Å². The van der Waals surface area contributed by atoms with E-state index in [1.54, 1.807) is 5.32 Å². The SMILES string of the molecule is Brc1ccccc1.CCNC(=O)C(F)(F)F.